The van der Waals surface area contributed by atoms with Crippen molar-refractivity contribution in [1.82, 2.24) is 0 Å². The van der Waals surface area contributed by atoms with Crippen molar-refractivity contribution in [3.05, 3.63) is 96.1 Å². The van der Waals surface area contributed by atoms with Gasteiger partial charge in [0.25, 0.3) is 0 Å². The summed E-state index contributed by atoms with van der Waals surface area (Å²) in [6.07, 6.45) is -1.49. The molecule has 0 aliphatic carbocycles. The Morgan fingerprint density at radius 2 is 0.857 bits per heavy atom. The summed E-state index contributed by atoms with van der Waals surface area (Å²) in [7, 11) is 0. The number of rotatable bonds is 5. The Balaban J connectivity index is 1.79. The van der Waals surface area contributed by atoms with Gasteiger partial charge in [0.15, 0.2) is 0 Å². The average Bonchev–Trinajstić information content (AvgIpc) is 2.98. The topological polar surface area (TPSA) is 71.1 Å². The second kappa shape index (κ2) is 11.1. The normalized spacial score (nSPS) is 11.2. The lowest BCUT2D eigenvalue weighted by Gasteiger charge is -2.21. The number of benzene rings is 6. The third-order valence-electron chi connectivity index (χ3n) is 7.41. The fourth-order valence-electron chi connectivity index (χ4n) is 5.73. The van der Waals surface area contributed by atoms with Crippen molar-refractivity contribution in [3.63, 3.8) is 0 Å². The lowest BCUT2D eigenvalue weighted by Crippen LogP contribution is -2.11. The molecule has 6 aromatic carbocycles. The molecule has 0 saturated heterocycles. The molecular formula is C36H30O6. The van der Waals surface area contributed by atoms with Gasteiger partial charge in [-0.3, -0.25) is 0 Å². The van der Waals surface area contributed by atoms with Gasteiger partial charge < -0.3 is 18.9 Å². The molecular weight excluding hydrogens is 528 g/mol. The summed E-state index contributed by atoms with van der Waals surface area (Å²) in [5, 5.41) is 6.85. The third-order valence-corrected chi connectivity index (χ3v) is 7.41. The van der Waals surface area contributed by atoms with Crippen LogP contribution in [0, 0.1) is 13.8 Å². The molecule has 210 valence electrons. The maximum Gasteiger partial charge on any atom is 0.513 e. The first-order valence-electron chi connectivity index (χ1n) is 14.0. The molecule has 0 unspecified atom stereocenters. The van der Waals surface area contributed by atoms with Gasteiger partial charge >= 0.3 is 12.3 Å². The Bertz CT molecular complexity index is 1880. The quantitative estimate of drug-likeness (QED) is 0.119. The molecule has 42 heavy (non-hydrogen) atoms. The van der Waals surface area contributed by atoms with Crippen molar-refractivity contribution in [2.75, 3.05) is 13.2 Å². The van der Waals surface area contributed by atoms with E-state index in [1.165, 1.54) is 0 Å². The van der Waals surface area contributed by atoms with Gasteiger partial charge in [-0.25, -0.2) is 9.59 Å². The number of hydrogen-bond acceptors (Lipinski definition) is 6. The molecule has 6 rings (SSSR count). The van der Waals surface area contributed by atoms with E-state index in [9.17, 15) is 9.59 Å². The maximum absolute atomic E-state index is 12.6. The SMILES string of the molecule is CCOC(=O)Oc1c2ccccc2c(-c2c3ccccc3c(OC(=O)OCC)c3cc(C)ccc23)c2ccc(C)cc12. The van der Waals surface area contributed by atoms with E-state index in [1.54, 1.807) is 13.8 Å². The van der Waals surface area contributed by atoms with E-state index in [-0.39, 0.29) is 13.2 Å². The fraction of sp³-hybridized carbons (Fsp3) is 0.167. The summed E-state index contributed by atoms with van der Waals surface area (Å²) < 4.78 is 22.1. The van der Waals surface area contributed by atoms with E-state index in [0.29, 0.717) is 11.5 Å². The van der Waals surface area contributed by atoms with Gasteiger partial charge in [0.1, 0.15) is 11.5 Å². The summed E-state index contributed by atoms with van der Waals surface area (Å²) in [4.78, 5) is 25.2. The van der Waals surface area contributed by atoms with Gasteiger partial charge in [-0.2, -0.15) is 0 Å². The first-order valence-corrected chi connectivity index (χ1v) is 14.0. The van der Waals surface area contributed by atoms with E-state index in [1.807, 2.05) is 74.5 Å². The van der Waals surface area contributed by atoms with Crippen molar-refractivity contribution < 1.29 is 28.5 Å². The molecule has 6 aromatic rings. The molecule has 0 amide bonds. The standard InChI is InChI=1S/C36H30O6/c1-5-39-35(37)41-33-27-13-9-7-11-23(27)31(25-17-15-21(3)19-29(25)33)32-24-12-8-10-14-28(24)34(42-36(38)40-6-2)30-20-22(4)16-18-26(30)32/h7-20H,5-6H2,1-4H3. The zero-order valence-corrected chi connectivity index (χ0v) is 23.9. The van der Waals surface area contributed by atoms with Crippen LogP contribution in [0.2, 0.25) is 0 Å². The number of aryl methyl sites for hydroxylation is 2. The molecule has 0 aromatic heterocycles. The molecule has 0 spiro atoms. The van der Waals surface area contributed by atoms with Crippen molar-refractivity contribution in [3.8, 4) is 22.6 Å². The summed E-state index contributed by atoms with van der Waals surface area (Å²) >= 11 is 0. The third kappa shape index (κ3) is 4.65. The van der Waals surface area contributed by atoms with E-state index in [2.05, 4.69) is 24.3 Å². The van der Waals surface area contributed by atoms with Crippen LogP contribution in [-0.4, -0.2) is 25.5 Å². The molecule has 0 aliphatic heterocycles. The number of ether oxygens (including phenoxy) is 4. The van der Waals surface area contributed by atoms with E-state index < -0.39 is 12.3 Å². The molecule has 6 heteroatoms. The summed E-state index contributed by atoms with van der Waals surface area (Å²) in [5.74, 6) is 0.913. The summed E-state index contributed by atoms with van der Waals surface area (Å²) in [5.41, 5.74) is 4.04. The molecule has 0 radical (unpaired) electrons. The predicted molar refractivity (Wildman–Crippen MR) is 167 cm³/mol. The Morgan fingerprint density at radius 1 is 0.500 bits per heavy atom. The molecule has 6 nitrogen and oxygen atoms in total. The van der Waals surface area contributed by atoms with Crippen LogP contribution in [0.1, 0.15) is 25.0 Å². The van der Waals surface area contributed by atoms with E-state index in [0.717, 1.165) is 65.3 Å². The molecule has 0 bridgehead atoms. The Morgan fingerprint density at radius 3 is 1.24 bits per heavy atom. The molecule has 0 aliphatic rings. The lowest BCUT2D eigenvalue weighted by molar-refractivity contribution is 0.104. The monoisotopic (exact) mass is 558 g/mol. The molecule has 0 N–H and O–H groups in total. The van der Waals surface area contributed by atoms with Crippen LogP contribution in [0.3, 0.4) is 0 Å². The smallest absolute Gasteiger partial charge is 0.434 e. The van der Waals surface area contributed by atoms with Crippen molar-refractivity contribution in [2.24, 2.45) is 0 Å². The van der Waals surface area contributed by atoms with Gasteiger partial charge in [-0.05, 0) is 72.5 Å². The van der Waals surface area contributed by atoms with Crippen molar-refractivity contribution >= 4 is 55.4 Å². The molecule has 0 fully saturated rings. The van der Waals surface area contributed by atoms with Gasteiger partial charge in [0.2, 0.25) is 0 Å². The van der Waals surface area contributed by atoms with E-state index >= 15 is 0 Å². The van der Waals surface area contributed by atoms with Crippen molar-refractivity contribution in [1.29, 1.82) is 0 Å². The van der Waals surface area contributed by atoms with Gasteiger partial charge in [0, 0.05) is 21.5 Å². The van der Waals surface area contributed by atoms with Crippen molar-refractivity contribution in [2.45, 2.75) is 27.7 Å². The number of carbonyl (C=O) groups excluding carboxylic acids is 2. The highest BCUT2D eigenvalue weighted by molar-refractivity contribution is 6.27. The zero-order chi connectivity index (χ0) is 29.4. The van der Waals surface area contributed by atoms with Crippen LogP contribution in [0.4, 0.5) is 9.59 Å². The minimum atomic E-state index is -0.745. The fourth-order valence-corrected chi connectivity index (χ4v) is 5.73. The summed E-state index contributed by atoms with van der Waals surface area (Å²) in [6.45, 7) is 7.94. The Hall–Kier alpha value is -5.10. The highest BCUT2D eigenvalue weighted by atomic mass is 16.7. The second-order valence-electron chi connectivity index (χ2n) is 10.2. The van der Waals surface area contributed by atoms with Gasteiger partial charge in [-0.15, -0.1) is 0 Å². The highest BCUT2D eigenvalue weighted by Gasteiger charge is 2.24. The van der Waals surface area contributed by atoms with Crippen LogP contribution in [-0.2, 0) is 9.47 Å². The zero-order valence-electron chi connectivity index (χ0n) is 23.9. The Labute approximate surface area is 243 Å². The number of hydrogen-bond donors (Lipinski definition) is 0. The number of carbonyl (C=O) groups is 2. The predicted octanol–water partition coefficient (Wildman–Crippen LogP) is 9.65. The van der Waals surface area contributed by atoms with Crippen LogP contribution in [0.5, 0.6) is 11.5 Å². The maximum atomic E-state index is 12.6. The van der Waals surface area contributed by atoms with Crippen LogP contribution in [0.25, 0.3) is 54.2 Å². The molecule has 0 atom stereocenters. The van der Waals surface area contributed by atoms with Gasteiger partial charge in [-0.1, -0.05) is 83.9 Å². The minimum absolute atomic E-state index is 0.212. The highest BCUT2D eigenvalue weighted by Crippen LogP contribution is 2.50. The minimum Gasteiger partial charge on any atom is -0.434 e. The van der Waals surface area contributed by atoms with Crippen LogP contribution < -0.4 is 9.47 Å². The number of fused-ring (bicyclic) bond motifs is 4. The van der Waals surface area contributed by atoms with Gasteiger partial charge in [0.05, 0.1) is 13.2 Å². The largest absolute Gasteiger partial charge is 0.513 e. The lowest BCUT2D eigenvalue weighted by atomic mass is 9.85. The van der Waals surface area contributed by atoms with Crippen LogP contribution in [0.15, 0.2) is 84.9 Å². The summed E-state index contributed by atoms with van der Waals surface area (Å²) in [6, 6.07) is 28.2. The van der Waals surface area contributed by atoms with E-state index in [4.69, 9.17) is 18.9 Å². The first kappa shape index (κ1) is 27.1. The van der Waals surface area contributed by atoms with Crippen LogP contribution >= 0.6 is 0 Å². The molecule has 0 heterocycles. The first-order chi connectivity index (χ1) is 20.4. The average molecular weight is 559 g/mol. The molecule has 0 saturated carbocycles. The Kier molecular flexibility index (Phi) is 7.13. The second-order valence-corrected chi connectivity index (χ2v) is 10.2.